The highest BCUT2D eigenvalue weighted by Crippen LogP contribution is 2.27. The van der Waals surface area contributed by atoms with Crippen LogP contribution in [0, 0.1) is 11.6 Å². The fourth-order valence-electron chi connectivity index (χ4n) is 1.78. The zero-order valence-electron chi connectivity index (χ0n) is 10.7. The van der Waals surface area contributed by atoms with Crippen molar-refractivity contribution >= 4 is 17.4 Å². The topological polar surface area (TPSA) is 67.8 Å². The summed E-state index contributed by atoms with van der Waals surface area (Å²) in [6, 6.07) is 7.77. The zero-order chi connectivity index (χ0) is 15.4. The molecule has 0 bridgehead atoms. The Labute approximate surface area is 124 Å². The normalized spacial score (nSPS) is 11.5. The van der Waals surface area contributed by atoms with Crippen LogP contribution in [0.15, 0.2) is 41.6 Å². The molecule has 2 rings (SSSR count). The smallest absolute Gasteiger partial charge is 0.175 e. The van der Waals surface area contributed by atoms with Crippen molar-refractivity contribution in [2.45, 2.75) is 6.61 Å². The quantitative estimate of drug-likeness (QED) is 0.394. The van der Waals surface area contributed by atoms with E-state index in [9.17, 15) is 8.78 Å². The van der Waals surface area contributed by atoms with Crippen molar-refractivity contribution in [3.8, 4) is 5.75 Å². The first kappa shape index (κ1) is 15.1. The Morgan fingerprint density at radius 3 is 2.52 bits per heavy atom. The van der Waals surface area contributed by atoms with E-state index in [-0.39, 0.29) is 28.8 Å². The molecule has 3 N–H and O–H groups in total. The minimum atomic E-state index is -0.698. The Balaban J connectivity index is 2.26. The predicted molar refractivity (Wildman–Crippen MR) is 74.7 cm³/mol. The first-order valence-electron chi connectivity index (χ1n) is 5.85. The Morgan fingerprint density at radius 2 is 1.90 bits per heavy atom. The summed E-state index contributed by atoms with van der Waals surface area (Å²) in [7, 11) is 0. The Hall–Kier alpha value is -2.34. The number of amidine groups is 1. The van der Waals surface area contributed by atoms with Gasteiger partial charge in [-0.3, -0.25) is 0 Å². The molecule has 0 radical (unpaired) electrons. The number of halogens is 3. The van der Waals surface area contributed by atoms with Crippen LogP contribution in [-0.2, 0) is 6.61 Å². The van der Waals surface area contributed by atoms with Gasteiger partial charge >= 0.3 is 0 Å². The van der Waals surface area contributed by atoms with E-state index in [1.165, 1.54) is 0 Å². The van der Waals surface area contributed by atoms with Gasteiger partial charge in [0.15, 0.2) is 5.84 Å². The fourth-order valence-corrected chi connectivity index (χ4v) is 2.04. The van der Waals surface area contributed by atoms with Gasteiger partial charge in [-0.15, -0.1) is 0 Å². The van der Waals surface area contributed by atoms with Crippen molar-refractivity contribution in [3.63, 3.8) is 0 Å². The summed E-state index contributed by atoms with van der Waals surface area (Å²) in [6.07, 6.45) is 0. The van der Waals surface area contributed by atoms with Gasteiger partial charge in [0.25, 0.3) is 0 Å². The highest BCUT2D eigenvalue weighted by Gasteiger charge is 2.13. The Bertz CT molecular complexity index is 672. The van der Waals surface area contributed by atoms with E-state index in [4.69, 9.17) is 27.3 Å². The number of ether oxygens (including phenoxy) is 1. The molecule has 110 valence electrons. The lowest BCUT2D eigenvalue weighted by Crippen LogP contribution is -2.15. The lowest BCUT2D eigenvalue weighted by molar-refractivity contribution is 0.302. The molecule has 0 amide bonds. The maximum Gasteiger partial charge on any atom is 0.175 e. The van der Waals surface area contributed by atoms with Crippen molar-refractivity contribution in [2.24, 2.45) is 10.9 Å². The SMILES string of the molecule is N/C(=N/O)c1c(Cl)cccc1OCc1cc(F)cc(F)c1. The van der Waals surface area contributed by atoms with Gasteiger partial charge in [-0.05, 0) is 29.8 Å². The highest BCUT2D eigenvalue weighted by molar-refractivity contribution is 6.34. The minimum absolute atomic E-state index is 0.0965. The standard InChI is InChI=1S/C14H11ClF2N2O2/c15-11-2-1-3-12(13(11)14(18)19-20)21-7-8-4-9(16)6-10(17)5-8/h1-6,20H,7H2,(H2,18,19). The summed E-state index contributed by atoms with van der Waals surface area (Å²) in [5, 5.41) is 11.8. The molecule has 0 heterocycles. The van der Waals surface area contributed by atoms with E-state index in [0.29, 0.717) is 5.56 Å². The van der Waals surface area contributed by atoms with Gasteiger partial charge in [0.05, 0.1) is 10.6 Å². The number of oxime groups is 1. The number of nitrogens with two attached hydrogens (primary N) is 1. The van der Waals surface area contributed by atoms with Crippen LogP contribution in [0.25, 0.3) is 0 Å². The molecule has 21 heavy (non-hydrogen) atoms. The summed E-state index contributed by atoms with van der Waals surface area (Å²) in [6.45, 7) is -0.0965. The van der Waals surface area contributed by atoms with Crippen molar-refractivity contribution in [2.75, 3.05) is 0 Å². The van der Waals surface area contributed by atoms with Crippen LogP contribution in [0.3, 0.4) is 0 Å². The lowest BCUT2D eigenvalue weighted by Gasteiger charge is -2.12. The molecule has 0 spiro atoms. The van der Waals surface area contributed by atoms with Crippen molar-refractivity contribution in [1.29, 1.82) is 0 Å². The van der Waals surface area contributed by atoms with Crippen LogP contribution in [0.2, 0.25) is 5.02 Å². The van der Waals surface area contributed by atoms with E-state index in [1.54, 1.807) is 18.2 Å². The van der Waals surface area contributed by atoms with Gasteiger partial charge in [-0.1, -0.05) is 22.8 Å². The third-order valence-electron chi connectivity index (χ3n) is 2.66. The monoisotopic (exact) mass is 312 g/mol. The molecular weight excluding hydrogens is 302 g/mol. The number of benzene rings is 2. The molecule has 0 aliphatic heterocycles. The molecule has 2 aromatic carbocycles. The molecule has 0 aliphatic carbocycles. The van der Waals surface area contributed by atoms with Gasteiger partial charge in [-0.2, -0.15) is 0 Å². The fraction of sp³-hybridized carbons (Fsp3) is 0.0714. The molecule has 0 aliphatic rings. The van der Waals surface area contributed by atoms with Crippen LogP contribution in [-0.4, -0.2) is 11.0 Å². The molecule has 0 unspecified atom stereocenters. The van der Waals surface area contributed by atoms with E-state index >= 15 is 0 Å². The molecule has 7 heteroatoms. The largest absolute Gasteiger partial charge is 0.488 e. The van der Waals surface area contributed by atoms with E-state index in [0.717, 1.165) is 18.2 Å². The van der Waals surface area contributed by atoms with Crippen LogP contribution < -0.4 is 10.5 Å². The molecule has 0 saturated heterocycles. The predicted octanol–water partition coefficient (Wildman–Crippen LogP) is 3.29. The summed E-state index contributed by atoms with van der Waals surface area (Å²) in [5.74, 6) is -1.38. The summed E-state index contributed by atoms with van der Waals surface area (Å²) in [4.78, 5) is 0. The molecule has 0 atom stereocenters. The van der Waals surface area contributed by atoms with Crippen LogP contribution in [0.1, 0.15) is 11.1 Å². The lowest BCUT2D eigenvalue weighted by atomic mass is 10.2. The maximum absolute atomic E-state index is 13.1. The molecule has 2 aromatic rings. The van der Waals surface area contributed by atoms with Crippen molar-refractivity contribution in [3.05, 3.63) is 64.2 Å². The van der Waals surface area contributed by atoms with Gasteiger partial charge in [0.2, 0.25) is 0 Å². The second kappa shape index (κ2) is 6.41. The second-order valence-electron chi connectivity index (χ2n) is 4.16. The minimum Gasteiger partial charge on any atom is -0.488 e. The van der Waals surface area contributed by atoms with Gasteiger partial charge in [-0.25, -0.2) is 8.78 Å². The van der Waals surface area contributed by atoms with Gasteiger partial charge in [0, 0.05) is 6.07 Å². The average molecular weight is 313 g/mol. The van der Waals surface area contributed by atoms with Crippen LogP contribution >= 0.6 is 11.6 Å². The van der Waals surface area contributed by atoms with Crippen molar-refractivity contribution < 1.29 is 18.7 Å². The number of rotatable bonds is 4. The van der Waals surface area contributed by atoms with Gasteiger partial charge in [0.1, 0.15) is 24.0 Å². The number of nitrogens with zero attached hydrogens (tertiary/aromatic N) is 1. The summed E-state index contributed by atoms with van der Waals surface area (Å²) < 4.78 is 31.6. The third-order valence-corrected chi connectivity index (χ3v) is 2.97. The molecule has 0 saturated carbocycles. The molecule has 0 aromatic heterocycles. The Morgan fingerprint density at radius 1 is 1.24 bits per heavy atom. The van der Waals surface area contributed by atoms with Crippen LogP contribution in [0.4, 0.5) is 8.78 Å². The summed E-state index contributed by atoms with van der Waals surface area (Å²) >= 11 is 5.96. The second-order valence-corrected chi connectivity index (χ2v) is 4.57. The maximum atomic E-state index is 13.1. The summed E-state index contributed by atoms with van der Waals surface area (Å²) in [5.41, 5.74) is 6.04. The van der Waals surface area contributed by atoms with Crippen LogP contribution in [0.5, 0.6) is 5.75 Å². The Kier molecular flexibility index (Phi) is 4.59. The van der Waals surface area contributed by atoms with E-state index in [1.807, 2.05) is 0 Å². The van der Waals surface area contributed by atoms with Gasteiger partial charge < -0.3 is 15.7 Å². The molecular formula is C14H11ClF2N2O2. The molecule has 0 fully saturated rings. The number of hydrogen-bond acceptors (Lipinski definition) is 3. The first-order chi connectivity index (χ1) is 10.0. The molecule has 4 nitrogen and oxygen atoms in total. The van der Waals surface area contributed by atoms with Crippen molar-refractivity contribution in [1.82, 2.24) is 0 Å². The first-order valence-corrected chi connectivity index (χ1v) is 6.23. The number of hydrogen-bond donors (Lipinski definition) is 2. The zero-order valence-corrected chi connectivity index (χ0v) is 11.4. The van der Waals surface area contributed by atoms with E-state index in [2.05, 4.69) is 5.16 Å². The highest BCUT2D eigenvalue weighted by atomic mass is 35.5. The van der Waals surface area contributed by atoms with E-state index < -0.39 is 11.6 Å². The average Bonchev–Trinajstić information content (AvgIpc) is 2.43. The third kappa shape index (κ3) is 3.61.